The first-order valence-electron chi connectivity index (χ1n) is 4.58. The number of carbonyl (C=O) groups excluding carboxylic acids is 1. The van der Waals surface area contributed by atoms with Crippen LogP contribution in [0.4, 0.5) is 0 Å². The highest BCUT2D eigenvalue weighted by Gasteiger charge is 2.08. The summed E-state index contributed by atoms with van der Waals surface area (Å²) < 4.78 is 5.21. The zero-order valence-corrected chi connectivity index (χ0v) is 8.01. The molecule has 0 aromatic rings. The maximum atomic E-state index is 10.5. The van der Waals surface area contributed by atoms with Gasteiger partial charge in [-0.15, -0.1) is 0 Å². The summed E-state index contributed by atoms with van der Waals surface area (Å²) in [5, 5.41) is 0. The first-order chi connectivity index (χ1) is 6.29. The van der Waals surface area contributed by atoms with E-state index in [1.54, 1.807) is 0 Å². The summed E-state index contributed by atoms with van der Waals surface area (Å²) in [4.78, 5) is 12.8. The Kier molecular flexibility index (Phi) is 4.74. The van der Waals surface area contributed by atoms with E-state index in [2.05, 4.69) is 15.8 Å². The maximum absolute atomic E-state index is 10.5. The standard InChI is InChI=1S/C8H17N3O2/c1-8(12)10-9-2-3-11-4-6-13-7-5-11/h9H,2-7H2,1H3,(H,10,12). The van der Waals surface area contributed by atoms with E-state index in [0.29, 0.717) is 0 Å². The number of amides is 1. The number of hydrogen-bond acceptors (Lipinski definition) is 4. The quantitative estimate of drug-likeness (QED) is 0.436. The summed E-state index contributed by atoms with van der Waals surface area (Å²) in [5.74, 6) is -0.0537. The van der Waals surface area contributed by atoms with Crippen molar-refractivity contribution in [2.75, 3.05) is 39.4 Å². The molecule has 13 heavy (non-hydrogen) atoms. The third-order valence-corrected chi connectivity index (χ3v) is 1.92. The van der Waals surface area contributed by atoms with Crippen molar-refractivity contribution < 1.29 is 9.53 Å². The van der Waals surface area contributed by atoms with E-state index in [4.69, 9.17) is 4.74 Å². The van der Waals surface area contributed by atoms with Crippen LogP contribution in [0.3, 0.4) is 0 Å². The van der Waals surface area contributed by atoms with Gasteiger partial charge >= 0.3 is 0 Å². The predicted molar refractivity (Wildman–Crippen MR) is 49.1 cm³/mol. The van der Waals surface area contributed by atoms with E-state index >= 15 is 0 Å². The van der Waals surface area contributed by atoms with Gasteiger partial charge < -0.3 is 4.74 Å². The Morgan fingerprint density at radius 2 is 2.15 bits per heavy atom. The highest BCUT2D eigenvalue weighted by Crippen LogP contribution is 1.94. The molecule has 0 aromatic heterocycles. The normalized spacial score (nSPS) is 18.5. The molecule has 76 valence electrons. The Morgan fingerprint density at radius 3 is 2.77 bits per heavy atom. The first-order valence-corrected chi connectivity index (χ1v) is 4.58. The number of hydrogen-bond donors (Lipinski definition) is 2. The largest absolute Gasteiger partial charge is 0.379 e. The molecule has 1 rings (SSSR count). The van der Waals surface area contributed by atoms with Gasteiger partial charge in [0.15, 0.2) is 0 Å². The molecular weight excluding hydrogens is 170 g/mol. The zero-order chi connectivity index (χ0) is 9.52. The Morgan fingerprint density at radius 1 is 1.46 bits per heavy atom. The second-order valence-corrected chi connectivity index (χ2v) is 3.06. The molecule has 0 spiro atoms. The molecule has 0 atom stereocenters. The molecular formula is C8H17N3O2. The lowest BCUT2D eigenvalue weighted by Gasteiger charge is -2.26. The van der Waals surface area contributed by atoms with Crippen molar-refractivity contribution in [2.24, 2.45) is 0 Å². The van der Waals surface area contributed by atoms with Crippen molar-refractivity contribution >= 4 is 5.91 Å². The maximum Gasteiger partial charge on any atom is 0.230 e. The van der Waals surface area contributed by atoms with E-state index in [-0.39, 0.29) is 5.91 Å². The Balaban J connectivity index is 1.95. The molecule has 5 nitrogen and oxygen atoms in total. The summed E-state index contributed by atoms with van der Waals surface area (Å²) in [6, 6.07) is 0. The van der Waals surface area contributed by atoms with E-state index in [1.165, 1.54) is 6.92 Å². The molecule has 2 N–H and O–H groups in total. The molecule has 1 amide bonds. The SMILES string of the molecule is CC(=O)NNCCN1CCOCC1. The molecule has 0 aromatic carbocycles. The van der Waals surface area contributed by atoms with Gasteiger partial charge in [0.2, 0.25) is 5.91 Å². The molecule has 0 bridgehead atoms. The van der Waals surface area contributed by atoms with Gasteiger partial charge in [-0.25, -0.2) is 5.43 Å². The van der Waals surface area contributed by atoms with Gasteiger partial charge in [0, 0.05) is 33.1 Å². The fraction of sp³-hybridized carbons (Fsp3) is 0.875. The van der Waals surface area contributed by atoms with Crippen LogP contribution in [0.1, 0.15) is 6.92 Å². The number of carbonyl (C=O) groups is 1. The summed E-state index contributed by atoms with van der Waals surface area (Å²) in [7, 11) is 0. The minimum Gasteiger partial charge on any atom is -0.379 e. The van der Waals surface area contributed by atoms with Crippen molar-refractivity contribution in [1.82, 2.24) is 15.8 Å². The number of hydrazine groups is 1. The average molecular weight is 187 g/mol. The van der Waals surface area contributed by atoms with Crippen LogP contribution in [0, 0.1) is 0 Å². The number of rotatable bonds is 4. The molecule has 1 saturated heterocycles. The Bertz CT molecular complexity index is 157. The van der Waals surface area contributed by atoms with Crippen LogP contribution in [0.2, 0.25) is 0 Å². The Hall–Kier alpha value is -0.650. The van der Waals surface area contributed by atoms with Gasteiger partial charge in [0.1, 0.15) is 0 Å². The van der Waals surface area contributed by atoms with Crippen LogP contribution < -0.4 is 10.9 Å². The molecule has 0 radical (unpaired) electrons. The van der Waals surface area contributed by atoms with Gasteiger partial charge in [0.25, 0.3) is 0 Å². The zero-order valence-electron chi connectivity index (χ0n) is 8.01. The summed E-state index contributed by atoms with van der Waals surface area (Å²) in [6.07, 6.45) is 0. The second-order valence-electron chi connectivity index (χ2n) is 3.06. The fourth-order valence-electron chi connectivity index (χ4n) is 1.23. The number of ether oxygens (including phenoxy) is 1. The molecule has 0 unspecified atom stereocenters. The monoisotopic (exact) mass is 187 g/mol. The molecule has 1 aliphatic rings. The summed E-state index contributed by atoms with van der Waals surface area (Å²) in [6.45, 7) is 6.83. The van der Waals surface area contributed by atoms with Gasteiger partial charge in [-0.1, -0.05) is 0 Å². The van der Waals surface area contributed by atoms with E-state index in [1.807, 2.05) is 0 Å². The van der Waals surface area contributed by atoms with E-state index in [0.717, 1.165) is 39.4 Å². The lowest BCUT2D eigenvalue weighted by Crippen LogP contribution is -2.44. The van der Waals surface area contributed by atoms with Crippen molar-refractivity contribution in [3.63, 3.8) is 0 Å². The molecule has 0 saturated carbocycles. The summed E-state index contributed by atoms with van der Waals surface area (Å²) in [5.41, 5.74) is 5.39. The van der Waals surface area contributed by atoms with Gasteiger partial charge in [-0.3, -0.25) is 15.1 Å². The predicted octanol–water partition coefficient (Wildman–Crippen LogP) is -1.04. The van der Waals surface area contributed by atoms with Crippen LogP contribution in [-0.2, 0) is 9.53 Å². The highest BCUT2D eigenvalue weighted by molar-refractivity contribution is 5.72. The Labute approximate surface area is 78.4 Å². The van der Waals surface area contributed by atoms with E-state index < -0.39 is 0 Å². The molecule has 0 aliphatic carbocycles. The van der Waals surface area contributed by atoms with Crippen LogP contribution in [-0.4, -0.2) is 50.2 Å². The van der Waals surface area contributed by atoms with Crippen molar-refractivity contribution in [3.05, 3.63) is 0 Å². The number of nitrogens with one attached hydrogen (secondary N) is 2. The summed E-state index contributed by atoms with van der Waals surface area (Å²) >= 11 is 0. The van der Waals surface area contributed by atoms with Crippen LogP contribution in [0.15, 0.2) is 0 Å². The number of nitrogens with zero attached hydrogens (tertiary/aromatic N) is 1. The molecule has 1 fully saturated rings. The molecule has 1 aliphatic heterocycles. The van der Waals surface area contributed by atoms with Gasteiger partial charge in [0.05, 0.1) is 13.2 Å². The van der Waals surface area contributed by atoms with Crippen LogP contribution in [0.5, 0.6) is 0 Å². The topological polar surface area (TPSA) is 53.6 Å². The first kappa shape index (κ1) is 10.4. The lowest BCUT2D eigenvalue weighted by molar-refractivity contribution is -0.119. The smallest absolute Gasteiger partial charge is 0.230 e. The molecule has 5 heteroatoms. The van der Waals surface area contributed by atoms with E-state index in [9.17, 15) is 4.79 Å². The second kappa shape index (κ2) is 5.90. The molecule has 1 heterocycles. The lowest BCUT2D eigenvalue weighted by atomic mass is 10.4. The number of morpholine rings is 1. The van der Waals surface area contributed by atoms with Crippen LogP contribution >= 0.6 is 0 Å². The minimum atomic E-state index is -0.0537. The third-order valence-electron chi connectivity index (χ3n) is 1.92. The minimum absolute atomic E-state index is 0.0537. The highest BCUT2D eigenvalue weighted by atomic mass is 16.5. The van der Waals surface area contributed by atoms with Crippen molar-refractivity contribution in [2.45, 2.75) is 6.92 Å². The fourth-order valence-corrected chi connectivity index (χ4v) is 1.23. The van der Waals surface area contributed by atoms with Crippen LogP contribution in [0.25, 0.3) is 0 Å². The van der Waals surface area contributed by atoms with Crippen molar-refractivity contribution in [1.29, 1.82) is 0 Å². The third kappa shape index (κ3) is 4.82. The average Bonchev–Trinajstić information content (AvgIpc) is 2.14. The van der Waals surface area contributed by atoms with Gasteiger partial charge in [-0.2, -0.15) is 0 Å². The van der Waals surface area contributed by atoms with Crippen molar-refractivity contribution in [3.8, 4) is 0 Å². The van der Waals surface area contributed by atoms with Gasteiger partial charge in [-0.05, 0) is 0 Å².